The lowest BCUT2D eigenvalue weighted by Gasteiger charge is -2.25. The van der Waals surface area contributed by atoms with Crippen LogP contribution in [0.25, 0.3) is 10.9 Å². The summed E-state index contributed by atoms with van der Waals surface area (Å²) in [4.78, 5) is 79.2. The zero-order valence-electron chi connectivity index (χ0n) is 26.8. The van der Waals surface area contributed by atoms with E-state index in [-0.39, 0.29) is 12.3 Å². The van der Waals surface area contributed by atoms with Gasteiger partial charge in [0.2, 0.25) is 29.5 Å². The van der Waals surface area contributed by atoms with Crippen molar-refractivity contribution in [3.8, 4) is 0 Å². The standard InChI is InChI=1S/C31H47N7O6S/c1-17(2)13-23(32)29(42)35-19(4)28(41)38-26(14-21-15-33-24-10-8-7-9-22(21)24)31(44)36-20(5)27(40)37-25(11-12-45-6)30(43)34-18(3)16-39/h7-10,15-20,23,25-26,33H,11-14,32H2,1-6H3,(H,34,43)(H,35,42)(H,36,44)(H,37,40)(H,38,41)/t18-,19-,20-,23-,25-,26-/m0/s1. The Kier molecular flexibility index (Phi) is 15.0. The molecule has 1 aromatic carbocycles. The molecule has 0 radical (unpaired) electrons. The molecule has 0 unspecified atom stereocenters. The van der Waals surface area contributed by atoms with Gasteiger partial charge in [0.25, 0.3) is 0 Å². The number of aromatic nitrogens is 1. The zero-order valence-corrected chi connectivity index (χ0v) is 27.6. The highest BCUT2D eigenvalue weighted by atomic mass is 32.2. The van der Waals surface area contributed by atoms with E-state index in [1.807, 2.05) is 44.4 Å². The predicted molar refractivity (Wildman–Crippen MR) is 175 cm³/mol. The summed E-state index contributed by atoms with van der Waals surface area (Å²) >= 11 is 1.49. The summed E-state index contributed by atoms with van der Waals surface area (Å²) in [5, 5.41) is 14.0. The van der Waals surface area contributed by atoms with Crippen molar-refractivity contribution >= 4 is 58.5 Å². The monoisotopic (exact) mass is 645 g/mol. The van der Waals surface area contributed by atoms with Gasteiger partial charge in [-0.2, -0.15) is 11.8 Å². The van der Waals surface area contributed by atoms with Gasteiger partial charge in [-0.25, -0.2) is 0 Å². The second-order valence-electron chi connectivity index (χ2n) is 11.6. The maximum atomic E-state index is 13.6. The Morgan fingerprint density at radius 1 is 0.822 bits per heavy atom. The third-order valence-corrected chi connectivity index (χ3v) is 7.76. The van der Waals surface area contributed by atoms with Crippen LogP contribution in [0.2, 0.25) is 0 Å². The summed E-state index contributed by atoms with van der Waals surface area (Å²) in [5.74, 6) is -2.07. The van der Waals surface area contributed by atoms with Crippen LogP contribution in [0, 0.1) is 5.92 Å². The van der Waals surface area contributed by atoms with E-state index >= 15 is 0 Å². The average Bonchev–Trinajstić information content (AvgIpc) is 3.40. The number of fused-ring (bicyclic) bond motifs is 1. The van der Waals surface area contributed by atoms with E-state index in [0.29, 0.717) is 24.9 Å². The van der Waals surface area contributed by atoms with Crippen molar-refractivity contribution < 1.29 is 28.8 Å². The lowest BCUT2D eigenvalue weighted by atomic mass is 10.0. The first-order valence-electron chi connectivity index (χ1n) is 15.0. The van der Waals surface area contributed by atoms with Crippen LogP contribution >= 0.6 is 11.8 Å². The van der Waals surface area contributed by atoms with Crippen molar-refractivity contribution in [2.24, 2.45) is 11.7 Å². The van der Waals surface area contributed by atoms with Gasteiger partial charge in [-0.15, -0.1) is 0 Å². The van der Waals surface area contributed by atoms with Gasteiger partial charge in [0.15, 0.2) is 0 Å². The van der Waals surface area contributed by atoms with E-state index in [4.69, 9.17) is 5.73 Å². The third kappa shape index (κ3) is 11.8. The Morgan fingerprint density at radius 3 is 2.00 bits per heavy atom. The molecule has 0 saturated heterocycles. The minimum Gasteiger partial charge on any atom is -0.361 e. The van der Waals surface area contributed by atoms with Crippen LogP contribution in [0.3, 0.4) is 0 Å². The highest BCUT2D eigenvalue weighted by molar-refractivity contribution is 7.98. The molecule has 0 aliphatic carbocycles. The molecule has 5 amide bonds. The first kappa shape index (κ1) is 37.3. The molecular weight excluding hydrogens is 598 g/mol. The van der Waals surface area contributed by atoms with Gasteiger partial charge in [0.05, 0.1) is 12.1 Å². The van der Waals surface area contributed by atoms with Crippen LogP contribution in [0.5, 0.6) is 0 Å². The molecule has 2 rings (SSSR count). The van der Waals surface area contributed by atoms with Gasteiger partial charge in [-0.05, 0) is 63.2 Å². The topological polar surface area (TPSA) is 204 Å². The van der Waals surface area contributed by atoms with E-state index in [2.05, 4.69) is 31.6 Å². The molecule has 0 aliphatic rings. The van der Waals surface area contributed by atoms with Gasteiger partial charge in [-0.3, -0.25) is 24.0 Å². The number of rotatable bonds is 18. The number of hydrogen-bond acceptors (Lipinski definition) is 8. The van der Waals surface area contributed by atoms with Crippen LogP contribution < -0.4 is 32.3 Å². The van der Waals surface area contributed by atoms with Crippen molar-refractivity contribution in [3.05, 3.63) is 36.0 Å². The normalized spacial score (nSPS) is 15.2. The van der Waals surface area contributed by atoms with Gasteiger partial charge >= 0.3 is 0 Å². The quantitative estimate of drug-likeness (QED) is 0.114. The molecule has 0 saturated carbocycles. The Morgan fingerprint density at radius 2 is 1.40 bits per heavy atom. The predicted octanol–water partition coefficient (Wildman–Crippen LogP) is 0.520. The van der Waals surface area contributed by atoms with Gasteiger partial charge < -0.3 is 42.1 Å². The SMILES string of the molecule is CSCC[C@H](NC(=O)[C@H](C)NC(=O)[C@H](Cc1c[nH]c2ccccc12)NC(=O)[C@H](C)NC(=O)[C@@H](N)CC(C)C)C(=O)N[C@@H](C)C=O. The number of aromatic amines is 1. The summed E-state index contributed by atoms with van der Waals surface area (Å²) in [5.41, 5.74) is 7.57. The number of H-pyrrole nitrogens is 1. The number of thioether (sulfide) groups is 1. The van der Waals surface area contributed by atoms with Crippen LogP contribution in [0.15, 0.2) is 30.5 Å². The molecule has 248 valence electrons. The number of nitrogens with one attached hydrogen (secondary N) is 6. The van der Waals surface area contributed by atoms with Gasteiger partial charge in [-0.1, -0.05) is 32.0 Å². The summed E-state index contributed by atoms with van der Waals surface area (Å²) in [6, 6.07) is 1.91. The highest BCUT2D eigenvalue weighted by Crippen LogP contribution is 2.19. The lowest BCUT2D eigenvalue weighted by molar-refractivity contribution is -0.134. The van der Waals surface area contributed by atoms with Crippen LogP contribution in [-0.4, -0.2) is 89.1 Å². The number of carbonyl (C=O) groups is 6. The zero-order chi connectivity index (χ0) is 33.7. The molecule has 0 spiro atoms. The fourth-order valence-electron chi connectivity index (χ4n) is 4.57. The summed E-state index contributed by atoms with van der Waals surface area (Å²) in [6.45, 7) is 8.36. The number of hydrogen-bond donors (Lipinski definition) is 7. The molecule has 1 aromatic heterocycles. The number of amides is 5. The average molecular weight is 646 g/mol. The number of benzene rings is 1. The maximum absolute atomic E-state index is 13.6. The first-order chi connectivity index (χ1) is 21.3. The molecule has 13 nitrogen and oxygen atoms in total. The third-order valence-electron chi connectivity index (χ3n) is 7.12. The van der Waals surface area contributed by atoms with Crippen LogP contribution in [0.1, 0.15) is 53.0 Å². The summed E-state index contributed by atoms with van der Waals surface area (Å²) in [6.07, 6.45) is 5.05. The van der Waals surface area contributed by atoms with E-state index in [1.165, 1.54) is 32.5 Å². The Labute approximate surface area is 268 Å². The molecule has 0 fully saturated rings. The van der Waals surface area contributed by atoms with E-state index in [9.17, 15) is 28.8 Å². The molecule has 1 heterocycles. The van der Waals surface area contributed by atoms with Crippen molar-refractivity contribution in [3.63, 3.8) is 0 Å². The molecule has 0 bridgehead atoms. The Bertz CT molecular complexity index is 1330. The maximum Gasteiger partial charge on any atom is 0.243 e. The second kappa shape index (κ2) is 18.2. The molecule has 0 aliphatic heterocycles. The number of para-hydroxylation sites is 1. The van der Waals surface area contributed by atoms with Gasteiger partial charge in [0, 0.05) is 23.5 Å². The molecule has 8 N–H and O–H groups in total. The molecule has 2 aromatic rings. The smallest absolute Gasteiger partial charge is 0.243 e. The Hall–Kier alpha value is -3.91. The van der Waals surface area contributed by atoms with Crippen molar-refractivity contribution in [1.82, 2.24) is 31.6 Å². The first-order valence-corrected chi connectivity index (χ1v) is 16.4. The van der Waals surface area contributed by atoms with Gasteiger partial charge in [0.1, 0.15) is 30.5 Å². The molecule has 45 heavy (non-hydrogen) atoms. The summed E-state index contributed by atoms with van der Waals surface area (Å²) < 4.78 is 0. The molecular formula is C31H47N7O6S. The number of carbonyl (C=O) groups excluding carboxylic acids is 6. The van der Waals surface area contributed by atoms with E-state index in [0.717, 1.165) is 16.5 Å². The van der Waals surface area contributed by atoms with Crippen molar-refractivity contribution in [2.75, 3.05) is 12.0 Å². The van der Waals surface area contributed by atoms with Crippen LogP contribution in [0.4, 0.5) is 0 Å². The molecule has 14 heteroatoms. The lowest BCUT2D eigenvalue weighted by Crippen LogP contribution is -2.58. The minimum atomic E-state index is -1.11. The largest absolute Gasteiger partial charge is 0.361 e. The summed E-state index contributed by atoms with van der Waals surface area (Å²) in [7, 11) is 0. The minimum absolute atomic E-state index is 0.0891. The Balaban J connectivity index is 2.19. The number of aldehydes is 1. The fourth-order valence-corrected chi connectivity index (χ4v) is 5.04. The highest BCUT2D eigenvalue weighted by Gasteiger charge is 2.30. The van der Waals surface area contributed by atoms with E-state index < -0.39 is 65.8 Å². The fraction of sp³-hybridized carbons (Fsp3) is 0.548. The molecule has 6 atom stereocenters. The van der Waals surface area contributed by atoms with E-state index in [1.54, 1.807) is 6.20 Å². The number of nitrogens with two attached hydrogens (primary N) is 1. The van der Waals surface area contributed by atoms with Crippen molar-refractivity contribution in [2.45, 2.75) is 90.1 Å². The van der Waals surface area contributed by atoms with Crippen LogP contribution in [-0.2, 0) is 35.2 Å². The van der Waals surface area contributed by atoms with Crippen molar-refractivity contribution in [1.29, 1.82) is 0 Å². The second-order valence-corrected chi connectivity index (χ2v) is 12.6.